The standard InChI is InChI=1S/C15H8Cl2F2N4S/c16-8-4-5-9(11(17)6-8)14-21-22-15(24)23(14)20-7-10-12(18)2-1-3-13(10)19/h1-7H,(H,22,24). The highest BCUT2D eigenvalue weighted by Crippen LogP contribution is 2.29. The zero-order chi connectivity index (χ0) is 17.3. The van der Waals surface area contributed by atoms with Crippen LogP contribution in [0.25, 0.3) is 11.4 Å². The van der Waals surface area contributed by atoms with E-state index in [1.165, 1.54) is 10.7 Å². The molecule has 3 rings (SSSR count). The van der Waals surface area contributed by atoms with Gasteiger partial charge in [-0.2, -0.15) is 14.9 Å². The topological polar surface area (TPSA) is 46.0 Å². The molecule has 0 aliphatic carbocycles. The second kappa shape index (κ2) is 6.80. The van der Waals surface area contributed by atoms with E-state index in [0.29, 0.717) is 15.6 Å². The molecule has 3 aromatic rings. The lowest BCUT2D eigenvalue weighted by Gasteiger charge is -2.04. The van der Waals surface area contributed by atoms with Crippen molar-refractivity contribution in [3.05, 3.63) is 68.4 Å². The summed E-state index contributed by atoms with van der Waals surface area (Å²) in [5.74, 6) is -1.19. The summed E-state index contributed by atoms with van der Waals surface area (Å²) in [4.78, 5) is 0. The van der Waals surface area contributed by atoms with Crippen LogP contribution < -0.4 is 0 Å². The smallest absolute Gasteiger partial charge is 0.216 e. The van der Waals surface area contributed by atoms with Gasteiger partial charge in [-0.05, 0) is 42.5 Å². The van der Waals surface area contributed by atoms with Crippen LogP contribution in [0.15, 0.2) is 41.5 Å². The number of H-pyrrole nitrogens is 1. The molecule has 1 N–H and O–H groups in total. The second-order valence-electron chi connectivity index (χ2n) is 4.67. The first-order valence-corrected chi connectivity index (χ1v) is 7.75. The Balaban J connectivity index is 2.09. The van der Waals surface area contributed by atoms with E-state index >= 15 is 0 Å². The molecule has 1 heterocycles. The van der Waals surface area contributed by atoms with Crippen molar-refractivity contribution in [1.29, 1.82) is 0 Å². The zero-order valence-corrected chi connectivity index (χ0v) is 14.1. The molecule has 0 aliphatic heterocycles. The van der Waals surface area contributed by atoms with Crippen LogP contribution in [-0.4, -0.2) is 21.1 Å². The van der Waals surface area contributed by atoms with E-state index in [2.05, 4.69) is 15.3 Å². The van der Waals surface area contributed by atoms with Gasteiger partial charge in [0.15, 0.2) is 5.82 Å². The molecule has 1 aromatic heterocycles. The number of rotatable bonds is 3. The number of halogens is 4. The van der Waals surface area contributed by atoms with Gasteiger partial charge in [0.1, 0.15) is 11.6 Å². The number of nitrogens with zero attached hydrogens (tertiary/aromatic N) is 3. The average molecular weight is 385 g/mol. The minimum atomic E-state index is -0.736. The fourth-order valence-corrected chi connectivity index (χ4v) is 2.67. The fraction of sp³-hybridized carbons (Fsp3) is 0. The van der Waals surface area contributed by atoms with E-state index in [9.17, 15) is 8.78 Å². The van der Waals surface area contributed by atoms with E-state index in [0.717, 1.165) is 18.3 Å². The predicted octanol–water partition coefficient (Wildman–Crippen LogP) is 5.07. The lowest BCUT2D eigenvalue weighted by Crippen LogP contribution is -1.99. The first-order valence-electron chi connectivity index (χ1n) is 6.58. The fourth-order valence-electron chi connectivity index (χ4n) is 1.99. The first-order chi connectivity index (χ1) is 11.5. The molecule has 2 aromatic carbocycles. The highest BCUT2D eigenvalue weighted by atomic mass is 35.5. The molecule has 0 fully saturated rings. The molecule has 0 unspecified atom stereocenters. The normalized spacial score (nSPS) is 11.3. The van der Waals surface area contributed by atoms with Gasteiger partial charge in [-0.15, -0.1) is 0 Å². The van der Waals surface area contributed by atoms with Gasteiger partial charge in [0.2, 0.25) is 4.77 Å². The molecule has 0 bridgehead atoms. The van der Waals surface area contributed by atoms with Gasteiger partial charge < -0.3 is 0 Å². The van der Waals surface area contributed by atoms with Gasteiger partial charge in [0.25, 0.3) is 0 Å². The maximum Gasteiger partial charge on any atom is 0.216 e. The van der Waals surface area contributed by atoms with Crippen molar-refractivity contribution >= 4 is 41.6 Å². The quantitative estimate of drug-likeness (QED) is 0.505. The van der Waals surface area contributed by atoms with E-state index in [-0.39, 0.29) is 16.2 Å². The Morgan fingerprint density at radius 1 is 1.17 bits per heavy atom. The summed E-state index contributed by atoms with van der Waals surface area (Å²) >= 11 is 17.1. The summed E-state index contributed by atoms with van der Waals surface area (Å²) in [7, 11) is 0. The lowest BCUT2D eigenvalue weighted by molar-refractivity contribution is 0.580. The van der Waals surface area contributed by atoms with Gasteiger partial charge in [0, 0.05) is 10.6 Å². The van der Waals surface area contributed by atoms with E-state index in [1.807, 2.05) is 0 Å². The Hall–Kier alpha value is -2.09. The van der Waals surface area contributed by atoms with Gasteiger partial charge >= 0.3 is 0 Å². The third kappa shape index (κ3) is 3.24. The van der Waals surface area contributed by atoms with Crippen LogP contribution in [0, 0.1) is 16.4 Å². The van der Waals surface area contributed by atoms with Gasteiger partial charge in [-0.3, -0.25) is 0 Å². The molecular weight excluding hydrogens is 377 g/mol. The Morgan fingerprint density at radius 3 is 2.54 bits per heavy atom. The molecular formula is C15H8Cl2F2N4S. The SMILES string of the molecule is Fc1cccc(F)c1C=Nn1c(-c2ccc(Cl)cc2Cl)n[nH]c1=S. The molecule has 122 valence electrons. The monoisotopic (exact) mass is 384 g/mol. The summed E-state index contributed by atoms with van der Waals surface area (Å²) in [5.41, 5.74) is 0.230. The van der Waals surface area contributed by atoms with Crippen molar-refractivity contribution < 1.29 is 8.78 Å². The molecule has 0 spiro atoms. The molecule has 0 radical (unpaired) electrons. The molecule has 9 heteroatoms. The number of benzene rings is 2. The van der Waals surface area contributed by atoms with Crippen LogP contribution in [0.5, 0.6) is 0 Å². The van der Waals surface area contributed by atoms with Gasteiger partial charge in [-0.1, -0.05) is 29.3 Å². The number of hydrogen-bond acceptors (Lipinski definition) is 3. The van der Waals surface area contributed by atoms with Crippen LogP contribution in [0.3, 0.4) is 0 Å². The largest absolute Gasteiger partial charge is 0.250 e. The summed E-state index contributed by atoms with van der Waals surface area (Å²) in [6.07, 6.45) is 1.03. The van der Waals surface area contributed by atoms with Crippen molar-refractivity contribution in [2.45, 2.75) is 0 Å². The molecule has 0 saturated carbocycles. The van der Waals surface area contributed by atoms with Crippen molar-refractivity contribution in [2.75, 3.05) is 0 Å². The van der Waals surface area contributed by atoms with Crippen LogP contribution in [0.4, 0.5) is 8.78 Å². The minimum Gasteiger partial charge on any atom is -0.250 e. The van der Waals surface area contributed by atoms with Gasteiger partial charge in [-0.25, -0.2) is 13.9 Å². The first kappa shape index (κ1) is 16.8. The number of aromatic amines is 1. The maximum atomic E-state index is 13.7. The highest BCUT2D eigenvalue weighted by Gasteiger charge is 2.13. The number of nitrogens with one attached hydrogen (secondary N) is 1. The maximum absolute atomic E-state index is 13.7. The minimum absolute atomic E-state index is 0.143. The molecule has 4 nitrogen and oxygen atoms in total. The molecule has 0 amide bonds. The van der Waals surface area contributed by atoms with Crippen molar-refractivity contribution in [3.8, 4) is 11.4 Å². The molecule has 0 atom stereocenters. The van der Waals surface area contributed by atoms with Crippen molar-refractivity contribution in [2.24, 2.45) is 5.10 Å². The number of aromatic nitrogens is 3. The zero-order valence-electron chi connectivity index (χ0n) is 11.8. The summed E-state index contributed by atoms with van der Waals surface area (Å²) < 4.78 is 28.7. The molecule has 0 aliphatic rings. The van der Waals surface area contributed by atoms with Crippen LogP contribution in [-0.2, 0) is 0 Å². The van der Waals surface area contributed by atoms with E-state index in [1.54, 1.807) is 18.2 Å². The summed E-state index contributed by atoms with van der Waals surface area (Å²) in [5, 5.41) is 11.4. The summed E-state index contributed by atoms with van der Waals surface area (Å²) in [6, 6.07) is 8.35. The number of hydrogen-bond donors (Lipinski definition) is 1. The van der Waals surface area contributed by atoms with Gasteiger partial charge in [0.05, 0.1) is 16.8 Å². The average Bonchev–Trinajstić information content (AvgIpc) is 2.88. The third-order valence-electron chi connectivity index (χ3n) is 3.12. The predicted molar refractivity (Wildman–Crippen MR) is 92.2 cm³/mol. The van der Waals surface area contributed by atoms with Crippen LogP contribution >= 0.6 is 35.4 Å². The Bertz CT molecular complexity index is 977. The van der Waals surface area contributed by atoms with Crippen molar-refractivity contribution in [3.63, 3.8) is 0 Å². The highest BCUT2D eigenvalue weighted by molar-refractivity contribution is 7.71. The second-order valence-corrected chi connectivity index (χ2v) is 5.90. The summed E-state index contributed by atoms with van der Waals surface area (Å²) in [6.45, 7) is 0. The van der Waals surface area contributed by atoms with E-state index in [4.69, 9.17) is 35.4 Å². The lowest BCUT2D eigenvalue weighted by atomic mass is 10.2. The Kier molecular flexibility index (Phi) is 4.75. The Labute approximate surface area is 150 Å². The van der Waals surface area contributed by atoms with Crippen molar-refractivity contribution in [1.82, 2.24) is 14.9 Å². The van der Waals surface area contributed by atoms with Crippen LogP contribution in [0.2, 0.25) is 10.0 Å². The van der Waals surface area contributed by atoms with Crippen LogP contribution in [0.1, 0.15) is 5.56 Å². The molecule has 24 heavy (non-hydrogen) atoms. The molecule has 0 saturated heterocycles. The Morgan fingerprint density at radius 2 is 1.88 bits per heavy atom. The van der Waals surface area contributed by atoms with E-state index < -0.39 is 11.6 Å². The third-order valence-corrected chi connectivity index (χ3v) is 3.94.